The number of aromatic hydroxyl groups is 1. The fourth-order valence-electron chi connectivity index (χ4n) is 3.28. The van der Waals surface area contributed by atoms with E-state index in [1.807, 2.05) is 0 Å². The second-order valence-corrected chi connectivity index (χ2v) is 7.91. The van der Waals surface area contributed by atoms with E-state index in [1.165, 1.54) is 18.3 Å². The number of phenols is 1. The van der Waals surface area contributed by atoms with Crippen molar-refractivity contribution >= 4 is 46.0 Å². The number of benzene rings is 4. The minimum Gasteiger partial charge on any atom is -0.507 e. The highest BCUT2D eigenvalue weighted by atomic mass is 35.5. The lowest BCUT2D eigenvalue weighted by Gasteiger charge is -2.00. The van der Waals surface area contributed by atoms with Crippen molar-refractivity contribution in [1.82, 2.24) is 4.98 Å². The number of hydrogen-bond donors (Lipinski definition) is 1. The normalized spacial score (nSPS) is 11.7. The second-order valence-electron chi connectivity index (χ2n) is 7.48. The average Bonchev–Trinajstić information content (AvgIpc) is 3.26. The number of rotatable bonds is 5. The van der Waals surface area contributed by atoms with Crippen molar-refractivity contribution in [2.45, 2.75) is 0 Å². The van der Waals surface area contributed by atoms with E-state index >= 15 is 0 Å². The van der Waals surface area contributed by atoms with Crippen molar-refractivity contribution in [3.05, 3.63) is 101 Å². The number of oxazole rings is 1. The molecule has 1 heterocycles. The van der Waals surface area contributed by atoms with Crippen LogP contribution in [0.4, 0.5) is 25.8 Å². The van der Waals surface area contributed by atoms with Gasteiger partial charge in [-0.2, -0.15) is 10.2 Å². The van der Waals surface area contributed by atoms with E-state index in [2.05, 4.69) is 20.2 Å². The molecule has 1 aromatic heterocycles. The van der Waals surface area contributed by atoms with Gasteiger partial charge >= 0.3 is 0 Å². The van der Waals surface area contributed by atoms with Crippen LogP contribution in [-0.4, -0.2) is 16.3 Å². The van der Waals surface area contributed by atoms with E-state index in [1.54, 1.807) is 54.6 Å². The Morgan fingerprint density at radius 2 is 1.66 bits per heavy atom. The van der Waals surface area contributed by atoms with Crippen LogP contribution in [0, 0.1) is 11.6 Å². The molecule has 0 saturated carbocycles. The standard InChI is InChI=1S/C26H15ClF2N4O2/c27-16-2-1-3-19(11-16)32-33-20-5-8-24(34)15(10-20)14-30-18-6-9-25-23(13-18)31-26(35-25)21-7-4-17(28)12-22(21)29/h1-14,34H. The van der Waals surface area contributed by atoms with Crippen LogP contribution in [0.15, 0.2) is 98.5 Å². The summed E-state index contributed by atoms with van der Waals surface area (Å²) < 4.78 is 32.9. The Hall–Kier alpha value is -4.43. The maximum Gasteiger partial charge on any atom is 0.230 e. The molecule has 4 aromatic carbocycles. The molecule has 35 heavy (non-hydrogen) atoms. The largest absolute Gasteiger partial charge is 0.507 e. The highest BCUT2D eigenvalue weighted by molar-refractivity contribution is 6.30. The number of nitrogens with zero attached hydrogens (tertiary/aromatic N) is 4. The molecule has 0 bridgehead atoms. The van der Waals surface area contributed by atoms with Gasteiger partial charge in [0, 0.05) is 22.9 Å². The van der Waals surface area contributed by atoms with E-state index in [4.69, 9.17) is 16.0 Å². The van der Waals surface area contributed by atoms with Crippen molar-refractivity contribution < 1.29 is 18.3 Å². The van der Waals surface area contributed by atoms with Gasteiger partial charge in [-0.3, -0.25) is 4.99 Å². The molecule has 0 aliphatic heterocycles. The van der Waals surface area contributed by atoms with Crippen LogP contribution < -0.4 is 0 Å². The van der Waals surface area contributed by atoms with Crippen LogP contribution in [0.25, 0.3) is 22.6 Å². The molecule has 0 radical (unpaired) electrons. The highest BCUT2D eigenvalue weighted by Crippen LogP contribution is 2.30. The smallest absolute Gasteiger partial charge is 0.230 e. The molecule has 0 atom stereocenters. The molecule has 0 aliphatic rings. The highest BCUT2D eigenvalue weighted by Gasteiger charge is 2.13. The molecule has 5 rings (SSSR count). The molecule has 1 N–H and O–H groups in total. The predicted molar refractivity (Wildman–Crippen MR) is 130 cm³/mol. The summed E-state index contributed by atoms with van der Waals surface area (Å²) in [5, 5.41) is 19.1. The van der Waals surface area contributed by atoms with Crippen molar-refractivity contribution in [2.24, 2.45) is 15.2 Å². The number of halogens is 3. The van der Waals surface area contributed by atoms with E-state index in [0.29, 0.717) is 38.7 Å². The number of phenolic OH excluding ortho intramolecular Hbond substituents is 1. The quantitative estimate of drug-likeness (QED) is 0.199. The predicted octanol–water partition coefficient (Wildman–Crippen LogP) is 8.30. The third kappa shape index (κ3) is 5.07. The first-order chi connectivity index (χ1) is 16.9. The fraction of sp³-hybridized carbons (Fsp3) is 0. The van der Waals surface area contributed by atoms with Crippen molar-refractivity contribution in [1.29, 1.82) is 0 Å². The number of fused-ring (bicyclic) bond motifs is 1. The third-order valence-electron chi connectivity index (χ3n) is 4.99. The maximum absolute atomic E-state index is 14.1. The molecule has 0 spiro atoms. The summed E-state index contributed by atoms with van der Waals surface area (Å²) in [4.78, 5) is 8.68. The molecule has 0 unspecified atom stereocenters. The first kappa shape index (κ1) is 22.4. The van der Waals surface area contributed by atoms with Gasteiger partial charge in [-0.05, 0) is 66.7 Å². The van der Waals surface area contributed by atoms with Gasteiger partial charge in [-0.25, -0.2) is 13.8 Å². The topological polar surface area (TPSA) is 83.3 Å². The lowest BCUT2D eigenvalue weighted by Crippen LogP contribution is -1.85. The summed E-state index contributed by atoms with van der Waals surface area (Å²) in [6.45, 7) is 0. The average molecular weight is 489 g/mol. The van der Waals surface area contributed by atoms with Gasteiger partial charge in [0.2, 0.25) is 5.89 Å². The van der Waals surface area contributed by atoms with Gasteiger partial charge in [0.05, 0.1) is 22.6 Å². The van der Waals surface area contributed by atoms with Gasteiger partial charge in [0.1, 0.15) is 22.9 Å². The maximum atomic E-state index is 14.1. The van der Waals surface area contributed by atoms with Gasteiger partial charge in [-0.1, -0.05) is 17.7 Å². The molecule has 5 aromatic rings. The van der Waals surface area contributed by atoms with Gasteiger partial charge < -0.3 is 9.52 Å². The van der Waals surface area contributed by atoms with E-state index in [-0.39, 0.29) is 17.2 Å². The van der Waals surface area contributed by atoms with Gasteiger partial charge in [0.15, 0.2) is 5.58 Å². The first-order valence-electron chi connectivity index (χ1n) is 10.3. The summed E-state index contributed by atoms with van der Waals surface area (Å²) in [7, 11) is 0. The number of hydrogen-bond acceptors (Lipinski definition) is 6. The molecule has 0 aliphatic carbocycles. The number of aliphatic imine (C=N–C) groups is 1. The first-order valence-corrected chi connectivity index (χ1v) is 10.7. The van der Waals surface area contributed by atoms with Crippen molar-refractivity contribution in [2.75, 3.05) is 0 Å². The van der Waals surface area contributed by atoms with Gasteiger partial charge in [-0.15, -0.1) is 0 Å². The summed E-state index contributed by atoms with van der Waals surface area (Å²) >= 11 is 5.96. The zero-order valence-corrected chi connectivity index (χ0v) is 18.6. The van der Waals surface area contributed by atoms with Crippen molar-refractivity contribution in [3.63, 3.8) is 0 Å². The number of aromatic nitrogens is 1. The Morgan fingerprint density at radius 3 is 2.46 bits per heavy atom. The molecular weight excluding hydrogens is 474 g/mol. The van der Waals surface area contributed by atoms with E-state index in [0.717, 1.165) is 12.1 Å². The molecule has 6 nitrogen and oxygen atoms in total. The molecule has 0 amide bonds. The van der Waals surface area contributed by atoms with Crippen molar-refractivity contribution in [3.8, 4) is 17.2 Å². The van der Waals surface area contributed by atoms with Crippen LogP contribution in [0.5, 0.6) is 5.75 Å². The second kappa shape index (κ2) is 9.44. The van der Waals surface area contributed by atoms with Crippen LogP contribution in [0.1, 0.15) is 5.56 Å². The lowest BCUT2D eigenvalue weighted by molar-refractivity contribution is 0.474. The summed E-state index contributed by atoms with van der Waals surface area (Å²) in [5.74, 6) is -1.39. The van der Waals surface area contributed by atoms with Crippen LogP contribution in [0.2, 0.25) is 5.02 Å². The monoisotopic (exact) mass is 488 g/mol. The Kier molecular flexibility index (Phi) is 6.03. The summed E-state index contributed by atoms with van der Waals surface area (Å²) in [6, 6.07) is 19.9. The molecule has 0 fully saturated rings. The summed E-state index contributed by atoms with van der Waals surface area (Å²) in [6.07, 6.45) is 1.48. The Labute approximate surface area is 202 Å². The van der Waals surface area contributed by atoms with E-state index < -0.39 is 11.6 Å². The lowest BCUT2D eigenvalue weighted by atomic mass is 10.2. The molecular formula is C26H15ClF2N4O2. The Balaban J connectivity index is 1.39. The van der Waals surface area contributed by atoms with E-state index in [9.17, 15) is 13.9 Å². The van der Waals surface area contributed by atoms with Crippen LogP contribution in [-0.2, 0) is 0 Å². The molecule has 9 heteroatoms. The molecule has 172 valence electrons. The zero-order chi connectivity index (χ0) is 24.4. The minimum atomic E-state index is -0.766. The van der Waals surface area contributed by atoms with Gasteiger partial charge in [0.25, 0.3) is 0 Å². The SMILES string of the molecule is Oc1ccc(N=Nc2cccc(Cl)c2)cc1C=Nc1ccc2oc(-c3ccc(F)cc3F)nc2c1. The fourth-order valence-corrected chi connectivity index (χ4v) is 3.46. The number of azo groups is 1. The van der Waals surface area contributed by atoms with Crippen LogP contribution in [0.3, 0.4) is 0 Å². The Bertz CT molecular complexity index is 1610. The summed E-state index contributed by atoms with van der Waals surface area (Å²) in [5.41, 5.74) is 3.01. The third-order valence-corrected chi connectivity index (χ3v) is 5.22. The molecule has 0 saturated heterocycles. The minimum absolute atomic E-state index is 0.0204. The zero-order valence-electron chi connectivity index (χ0n) is 17.9. The Morgan fingerprint density at radius 1 is 0.857 bits per heavy atom. The van der Waals surface area contributed by atoms with Crippen LogP contribution >= 0.6 is 11.6 Å².